The van der Waals surface area contributed by atoms with Crippen molar-refractivity contribution in [2.75, 3.05) is 32.7 Å². The zero-order chi connectivity index (χ0) is 14.3. The van der Waals surface area contributed by atoms with Crippen LogP contribution in [0.3, 0.4) is 0 Å². The van der Waals surface area contributed by atoms with Crippen LogP contribution in [0.5, 0.6) is 0 Å². The van der Waals surface area contributed by atoms with Gasteiger partial charge in [-0.1, -0.05) is 36.8 Å². The summed E-state index contributed by atoms with van der Waals surface area (Å²) >= 11 is 0. The fourth-order valence-electron chi connectivity index (χ4n) is 2.74. The van der Waals surface area contributed by atoms with E-state index in [4.69, 9.17) is 0 Å². The molecule has 0 radical (unpaired) electrons. The lowest BCUT2D eigenvalue weighted by molar-refractivity contribution is 0.232. The van der Waals surface area contributed by atoms with Gasteiger partial charge in [-0.15, -0.1) is 0 Å². The van der Waals surface area contributed by atoms with Crippen LogP contribution in [0.15, 0.2) is 40.4 Å². The molecule has 112 valence electrons. The Morgan fingerprint density at radius 1 is 1.10 bits per heavy atom. The number of hydrogen-bond donors (Lipinski definition) is 2. The Balaban J connectivity index is 1.42. The van der Waals surface area contributed by atoms with Gasteiger partial charge in [-0.25, -0.2) is 10.4 Å². The molecule has 1 saturated heterocycles. The van der Waals surface area contributed by atoms with E-state index >= 15 is 0 Å². The maximum absolute atomic E-state index is 4.52. The third-order valence-electron chi connectivity index (χ3n) is 3.96. The maximum Gasteiger partial charge on any atom is 0.212 e. The van der Waals surface area contributed by atoms with E-state index in [1.54, 1.807) is 0 Å². The van der Waals surface area contributed by atoms with Gasteiger partial charge in [0.05, 0.1) is 12.3 Å². The number of nitrogens with zero attached hydrogens (tertiary/aromatic N) is 3. The second-order valence-electron chi connectivity index (χ2n) is 5.53. The summed E-state index contributed by atoms with van der Waals surface area (Å²) in [5.74, 6) is 0.784. The number of hydrazone groups is 1. The van der Waals surface area contributed by atoms with Crippen molar-refractivity contribution in [1.29, 1.82) is 0 Å². The fraction of sp³-hybridized carbons (Fsp3) is 0.500. The van der Waals surface area contributed by atoms with Crippen LogP contribution in [0, 0.1) is 0 Å². The third-order valence-corrected chi connectivity index (χ3v) is 3.96. The van der Waals surface area contributed by atoms with E-state index in [-0.39, 0.29) is 0 Å². The van der Waals surface area contributed by atoms with Crippen molar-refractivity contribution in [1.82, 2.24) is 15.6 Å². The van der Waals surface area contributed by atoms with Gasteiger partial charge in [-0.05, 0) is 31.5 Å². The van der Waals surface area contributed by atoms with Crippen LogP contribution in [0.25, 0.3) is 0 Å². The minimum atomic E-state index is 0.628. The third kappa shape index (κ3) is 4.04. The highest BCUT2D eigenvalue weighted by atomic mass is 15.4. The largest absolute Gasteiger partial charge is 0.354 e. The molecule has 0 unspecified atom stereocenters. The molecule has 2 N–H and O–H groups in total. The van der Waals surface area contributed by atoms with Gasteiger partial charge in [0.15, 0.2) is 0 Å². The minimum Gasteiger partial charge on any atom is -0.354 e. The second-order valence-corrected chi connectivity index (χ2v) is 5.53. The Morgan fingerprint density at radius 2 is 1.90 bits per heavy atom. The fourth-order valence-corrected chi connectivity index (χ4v) is 2.74. The van der Waals surface area contributed by atoms with Gasteiger partial charge in [-0.2, -0.15) is 5.10 Å². The molecule has 0 aliphatic carbocycles. The van der Waals surface area contributed by atoms with Crippen molar-refractivity contribution >= 4 is 11.7 Å². The molecule has 5 heteroatoms. The van der Waals surface area contributed by atoms with Crippen molar-refractivity contribution in [3.63, 3.8) is 0 Å². The van der Waals surface area contributed by atoms with Crippen molar-refractivity contribution < 1.29 is 0 Å². The van der Waals surface area contributed by atoms with Crippen molar-refractivity contribution in [3.8, 4) is 0 Å². The number of likely N-dealkylation sites (tertiary alicyclic amines) is 1. The van der Waals surface area contributed by atoms with Gasteiger partial charge in [0.2, 0.25) is 5.96 Å². The van der Waals surface area contributed by atoms with Gasteiger partial charge >= 0.3 is 0 Å². The van der Waals surface area contributed by atoms with Gasteiger partial charge in [-0.3, -0.25) is 0 Å². The molecule has 0 spiro atoms. The maximum atomic E-state index is 4.52. The average Bonchev–Trinajstić information content (AvgIpc) is 2.57. The lowest BCUT2D eigenvalue weighted by Gasteiger charge is -2.26. The molecule has 2 heterocycles. The van der Waals surface area contributed by atoms with E-state index in [0.717, 1.165) is 30.3 Å². The van der Waals surface area contributed by atoms with E-state index in [1.165, 1.54) is 32.4 Å². The molecule has 0 amide bonds. The number of piperidine rings is 1. The summed E-state index contributed by atoms with van der Waals surface area (Å²) in [5, 5.41) is 7.74. The van der Waals surface area contributed by atoms with Crippen LogP contribution in [0.2, 0.25) is 0 Å². The molecule has 21 heavy (non-hydrogen) atoms. The number of guanidine groups is 1. The van der Waals surface area contributed by atoms with Crippen LogP contribution in [-0.4, -0.2) is 49.3 Å². The second kappa shape index (κ2) is 7.22. The Bertz CT molecular complexity index is 503. The highest BCUT2D eigenvalue weighted by Crippen LogP contribution is 2.07. The molecule has 5 nitrogen and oxygen atoms in total. The summed E-state index contributed by atoms with van der Waals surface area (Å²) in [4.78, 5) is 7.03. The summed E-state index contributed by atoms with van der Waals surface area (Å²) in [6, 6.07) is 10.2. The molecule has 1 aromatic rings. The number of rotatable bonds is 4. The van der Waals surface area contributed by atoms with E-state index in [0.29, 0.717) is 6.54 Å². The minimum absolute atomic E-state index is 0.628. The van der Waals surface area contributed by atoms with E-state index < -0.39 is 0 Å². The average molecular weight is 285 g/mol. The Morgan fingerprint density at radius 3 is 2.62 bits per heavy atom. The smallest absolute Gasteiger partial charge is 0.212 e. The van der Waals surface area contributed by atoms with Crippen LogP contribution < -0.4 is 10.7 Å². The highest BCUT2D eigenvalue weighted by Gasteiger charge is 2.11. The van der Waals surface area contributed by atoms with Gasteiger partial charge in [0, 0.05) is 13.1 Å². The summed E-state index contributed by atoms with van der Waals surface area (Å²) in [5.41, 5.74) is 5.12. The van der Waals surface area contributed by atoms with Crippen LogP contribution in [0.1, 0.15) is 24.8 Å². The monoisotopic (exact) mass is 285 g/mol. The van der Waals surface area contributed by atoms with Gasteiger partial charge < -0.3 is 10.2 Å². The molecular weight excluding hydrogens is 262 g/mol. The number of hydrogen-bond acceptors (Lipinski definition) is 5. The Hall–Kier alpha value is -1.88. The first-order valence-corrected chi connectivity index (χ1v) is 7.80. The molecule has 1 fully saturated rings. The summed E-state index contributed by atoms with van der Waals surface area (Å²) < 4.78 is 0. The Labute approximate surface area is 126 Å². The van der Waals surface area contributed by atoms with Crippen LogP contribution >= 0.6 is 0 Å². The standard InChI is InChI=1S/C16H23N5/c1-3-7-14(8-4-1)15-13-18-16(20-19-15)17-9-12-21-10-5-2-6-11-21/h1,3-4,7-8H,2,5-6,9-13H2,(H2,17,18,20). The predicted molar refractivity (Wildman–Crippen MR) is 86.7 cm³/mol. The van der Waals surface area contributed by atoms with Gasteiger partial charge in [0.1, 0.15) is 0 Å². The SMILES string of the molecule is c1ccc(C2=NNC(NCCN3CCCCC3)=NC2)cc1. The lowest BCUT2D eigenvalue weighted by Crippen LogP contribution is -2.43. The summed E-state index contributed by atoms with van der Waals surface area (Å²) in [6.07, 6.45) is 4.06. The van der Waals surface area contributed by atoms with Crippen molar-refractivity contribution in [3.05, 3.63) is 35.9 Å². The number of aliphatic imine (C=N–C) groups is 1. The van der Waals surface area contributed by atoms with Crippen LogP contribution in [0.4, 0.5) is 0 Å². The molecule has 0 atom stereocenters. The molecule has 0 saturated carbocycles. The van der Waals surface area contributed by atoms with Crippen LogP contribution in [-0.2, 0) is 0 Å². The molecular formula is C16H23N5. The highest BCUT2D eigenvalue weighted by molar-refractivity contribution is 6.04. The van der Waals surface area contributed by atoms with E-state index in [2.05, 4.69) is 37.9 Å². The molecule has 3 rings (SSSR count). The molecule has 0 bridgehead atoms. The van der Waals surface area contributed by atoms with E-state index in [9.17, 15) is 0 Å². The van der Waals surface area contributed by atoms with Crippen molar-refractivity contribution in [2.45, 2.75) is 19.3 Å². The van der Waals surface area contributed by atoms with Crippen molar-refractivity contribution in [2.24, 2.45) is 10.1 Å². The molecule has 0 aromatic heterocycles. The summed E-state index contributed by atoms with van der Waals surface area (Å²) in [7, 11) is 0. The lowest BCUT2D eigenvalue weighted by atomic mass is 10.1. The summed E-state index contributed by atoms with van der Waals surface area (Å²) in [6.45, 7) is 5.09. The van der Waals surface area contributed by atoms with Gasteiger partial charge in [0.25, 0.3) is 0 Å². The first-order valence-electron chi connectivity index (χ1n) is 7.80. The quantitative estimate of drug-likeness (QED) is 0.880. The molecule has 2 aliphatic heterocycles. The zero-order valence-electron chi connectivity index (χ0n) is 12.4. The number of benzene rings is 1. The first-order chi connectivity index (χ1) is 10.4. The molecule has 1 aromatic carbocycles. The first kappa shape index (κ1) is 14.1. The van der Waals surface area contributed by atoms with E-state index in [1.807, 2.05) is 18.2 Å². The number of nitrogens with one attached hydrogen (secondary N) is 2. The molecule has 2 aliphatic rings. The topological polar surface area (TPSA) is 52.0 Å². The zero-order valence-corrected chi connectivity index (χ0v) is 12.4. The predicted octanol–water partition coefficient (Wildman–Crippen LogP) is 1.43. The normalized spacial score (nSPS) is 19.4. The Kier molecular flexibility index (Phi) is 4.84.